The van der Waals surface area contributed by atoms with Crippen LogP contribution >= 0.6 is 11.8 Å². The summed E-state index contributed by atoms with van der Waals surface area (Å²) in [4.78, 5) is 24.5. The molecule has 182 valence electrons. The third kappa shape index (κ3) is 5.87. The van der Waals surface area contributed by atoms with Crippen molar-refractivity contribution in [3.8, 4) is 0 Å². The number of imidazole rings is 1. The van der Waals surface area contributed by atoms with E-state index >= 15 is 0 Å². The molecule has 7 heteroatoms. The molecular weight excluding hydrogens is 442 g/mol. The van der Waals surface area contributed by atoms with Gasteiger partial charge in [0.1, 0.15) is 5.84 Å². The van der Waals surface area contributed by atoms with Gasteiger partial charge in [0, 0.05) is 32.1 Å². The fourth-order valence-corrected chi connectivity index (χ4v) is 5.20. The van der Waals surface area contributed by atoms with Crippen molar-refractivity contribution < 1.29 is 0 Å². The number of nitrogens with zero attached hydrogens (tertiary/aromatic N) is 5. The third-order valence-corrected chi connectivity index (χ3v) is 7.67. The highest BCUT2D eigenvalue weighted by atomic mass is 32.2. The summed E-state index contributed by atoms with van der Waals surface area (Å²) in [6.45, 7) is 9.96. The molecule has 34 heavy (non-hydrogen) atoms. The first-order chi connectivity index (χ1) is 16.6. The highest BCUT2D eigenvalue weighted by Gasteiger charge is 2.35. The molecule has 1 saturated heterocycles. The number of hydrogen-bond acceptors (Lipinski definition) is 5. The Bertz CT molecular complexity index is 1010. The highest BCUT2D eigenvalue weighted by molar-refractivity contribution is 8.02. The molecule has 1 aromatic heterocycles. The van der Waals surface area contributed by atoms with Crippen LogP contribution in [0.1, 0.15) is 51.3 Å². The van der Waals surface area contributed by atoms with Crippen LogP contribution in [0.15, 0.2) is 76.2 Å². The average molecular weight is 480 g/mol. The lowest BCUT2D eigenvalue weighted by atomic mass is 9.84. The molecule has 3 rings (SSSR count). The van der Waals surface area contributed by atoms with Gasteiger partial charge in [0.25, 0.3) is 0 Å². The Morgan fingerprint density at radius 3 is 2.76 bits per heavy atom. The molecule has 2 atom stereocenters. The molecule has 0 spiro atoms. The lowest BCUT2D eigenvalue weighted by Crippen LogP contribution is -2.41. The minimum atomic E-state index is -0.228. The SMILES string of the molecule is C=CC1=C(/C=C\C)C(CC(N=O)C2CCN(/C(C/C=C/C=C(\C)SC)=N/C)CC2)n2cncc21. The van der Waals surface area contributed by atoms with Gasteiger partial charge < -0.3 is 9.47 Å². The standard InChI is InChI=1S/C27H37N5OS/c1-6-10-23-22(7-2)26-18-29-19-32(26)25(23)17-24(30-33)21-13-15-31(16-14-21)27(28-4)12-9-8-11-20(3)34-5/h6-11,18-19,21,24-25H,2,12-17H2,1,3-5H3/b9-8+,10-6-,20-11+,28-27+. The number of amidine groups is 1. The van der Waals surface area contributed by atoms with E-state index in [0.717, 1.165) is 49.5 Å². The molecule has 2 aliphatic rings. The Kier molecular flexibility index (Phi) is 9.69. The Labute approximate surface area is 208 Å². The average Bonchev–Trinajstić information content (AvgIpc) is 3.44. The van der Waals surface area contributed by atoms with E-state index in [-0.39, 0.29) is 18.0 Å². The van der Waals surface area contributed by atoms with E-state index in [2.05, 4.69) is 68.7 Å². The number of likely N-dealkylation sites (tertiary alicyclic amines) is 1. The van der Waals surface area contributed by atoms with Gasteiger partial charge in [-0.2, -0.15) is 4.91 Å². The molecule has 2 aliphatic heterocycles. The van der Waals surface area contributed by atoms with Crippen LogP contribution in [-0.2, 0) is 0 Å². The number of rotatable bonds is 10. The van der Waals surface area contributed by atoms with Gasteiger partial charge in [0.2, 0.25) is 0 Å². The summed E-state index contributed by atoms with van der Waals surface area (Å²) in [6, 6.07) is -0.161. The molecule has 0 radical (unpaired) electrons. The predicted molar refractivity (Wildman–Crippen MR) is 146 cm³/mol. The smallest absolute Gasteiger partial charge is 0.102 e. The van der Waals surface area contributed by atoms with Crippen LogP contribution in [0.5, 0.6) is 0 Å². The summed E-state index contributed by atoms with van der Waals surface area (Å²) in [5, 5.41) is 3.63. The van der Waals surface area contributed by atoms with E-state index in [1.54, 1.807) is 11.8 Å². The molecule has 3 heterocycles. The molecule has 0 N–H and O–H groups in total. The van der Waals surface area contributed by atoms with E-state index in [9.17, 15) is 4.91 Å². The Balaban J connectivity index is 1.64. The van der Waals surface area contributed by atoms with Crippen molar-refractivity contribution in [2.24, 2.45) is 16.1 Å². The number of allylic oxidation sites excluding steroid dienone is 8. The topological polar surface area (TPSA) is 62.9 Å². The zero-order valence-electron chi connectivity index (χ0n) is 20.9. The highest BCUT2D eigenvalue weighted by Crippen LogP contribution is 2.42. The molecular formula is C27H37N5OS. The van der Waals surface area contributed by atoms with Crippen molar-refractivity contribution >= 4 is 23.2 Å². The predicted octanol–water partition coefficient (Wildman–Crippen LogP) is 6.43. The lowest BCUT2D eigenvalue weighted by molar-refractivity contribution is 0.223. The molecule has 2 unspecified atom stereocenters. The number of piperidine rings is 1. The second-order valence-corrected chi connectivity index (χ2v) is 9.81. The molecule has 0 bridgehead atoms. The van der Waals surface area contributed by atoms with Crippen molar-refractivity contribution in [3.63, 3.8) is 0 Å². The van der Waals surface area contributed by atoms with Crippen molar-refractivity contribution in [1.29, 1.82) is 0 Å². The molecule has 0 saturated carbocycles. The number of aliphatic imine (C=N–C) groups is 1. The molecule has 1 fully saturated rings. The molecule has 6 nitrogen and oxygen atoms in total. The Morgan fingerprint density at radius 1 is 1.38 bits per heavy atom. The first-order valence-corrected chi connectivity index (χ1v) is 13.2. The Morgan fingerprint density at radius 2 is 2.15 bits per heavy atom. The van der Waals surface area contributed by atoms with Crippen LogP contribution in [0.25, 0.3) is 5.57 Å². The second-order valence-electron chi connectivity index (χ2n) is 8.76. The maximum atomic E-state index is 12.0. The lowest BCUT2D eigenvalue weighted by Gasteiger charge is -2.36. The first-order valence-electron chi connectivity index (χ1n) is 12.0. The number of nitroso groups, excluding NO2 is 1. The van der Waals surface area contributed by atoms with Crippen molar-refractivity contribution in [2.45, 2.75) is 51.6 Å². The van der Waals surface area contributed by atoms with Gasteiger partial charge in [0.15, 0.2) is 0 Å². The van der Waals surface area contributed by atoms with Gasteiger partial charge in [-0.3, -0.25) is 4.99 Å². The summed E-state index contributed by atoms with van der Waals surface area (Å²) >= 11 is 1.75. The van der Waals surface area contributed by atoms with Crippen molar-refractivity contribution in [1.82, 2.24) is 14.5 Å². The number of aromatic nitrogens is 2. The van der Waals surface area contributed by atoms with Crippen LogP contribution in [0.4, 0.5) is 0 Å². The van der Waals surface area contributed by atoms with Gasteiger partial charge in [-0.15, -0.1) is 11.8 Å². The maximum Gasteiger partial charge on any atom is 0.102 e. The van der Waals surface area contributed by atoms with E-state index in [1.807, 2.05) is 38.6 Å². The third-order valence-electron chi connectivity index (χ3n) is 6.89. The summed E-state index contributed by atoms with van der Waals surface area (Å²) in [5.41, 5.74) is 3.35. The molecule has 0 aliphatic carbocycles. The monoisotopic (exact) mass is 479 g/mol. The minimum absolute atomic E-state index is 0.0677. The van der Waals surface area contributed by atoms with Crippen LogP contribution in [0.3, 0.4) is 0 Å². The Hall–Kier alpha value is -2.67. The van der Waals surface area contributed by atoms with Gasteiger partial charge in [-0.25, -0.2) is 4.98 Å². The minimum Gasteiger partial charge on any atom is -0.360 e. The van der Waals surface area contributed by atoms with E-state index in [4.69, 9.17) is 0 Å². The summed E-state index contributed by atoms with van der Waals surface area (Å²) < 4.78 is 2.17. The van der Waals surface area contributed by atoms with Crippen LogP contribution in [0.2, 0.25) is 0 Å². The number of fused-ring (bicyclic) bond motifs is 1. The molecule has 1 aromatic rings. The van der Waals surface area contributed by atoms with Gasteiger partial charge >= 0.3 is 0 Å². The summed E-state index contributed by atoms with van der Waals surface area (Å²) in [7, 11) is 1.86. The van der Waals surface area contributed by atoms with Gasteiger partial charge in [-0.05, 0) is 55.8 Å². The fraction of sp³-hybridized carbons (Fsp3) is 0.481. The van der Waals surface area contributed by atoms with E-state index < -0.39 is 0 Å². The van der Waals surface area contributed by atoms with Crippen molar-refractivity contribution in [2.75, 3.05) is 26.4 Å². The number of thioether (sulfide) groups is 1. The largest absolute Gasteiger partial charge is 0.360 e. The first kappa shape index (κ1) is 25.9. The van der Waals surface area contributed by atoms with Crippen molar-refractivity contribution in [3.05, 3.63) is 76.6 Å². The second kappa shape index (κ2) is 12.7. The van der Waals surface area contributed by atoms with Crippen LogP contribution in [0, 0.1) is 10.8 Å². The fourth-order valence-electron chi connectivity index (χ4n) is 4.98. The summed E-state index contributed by atoms with van der Waals surface area (Å²) in [5.74, 6) is 1.38. The molecule has 0 aromatic carbocycles. The van der Waals surface area contributed by atoms with E-state index in [1.165, 1.54) is 10.5 Å². The normalized spacial score (nSPS) is 21.1. The zero-order chi connectivity index (χ0) is 24.5. The zero-order valence-corrected chi connectivity index (χ0v) is 21.7. The maximum absolute atomic E-state index is 12.0. The quantitative estimate of drug-likeness (QED) is 0.168. The van der Waals surface area contributed by atoms with Gasteiger partial charge in [0.05, 0.1) is 30.3 Å². The van der Waals surface area contributed by atoms with E-state index in [0.29, 0.717) is 6.42 Å². The summed E-state index contributed by atoms with van der Waals surface area (Å²) in [6.07, 6.45) is 21.7. The number of hydrogen-bond donors (Lipinski definition) is 0. The van der Waals surface area contributed by atoms with Crippen LogP contribution in [-0.4, -0.2) is 52.7 Å². The van der Waals surface area contributed by atoms with Crippen LogP contribution < -0.4 is 0 Å². The molecule has 0 amide bonds. The van der Waals surface area contributed by atoms with Gasteiger partial charge in [-0.1, -0.05) is 48.2 Å².